The molecule has 19 heavy (non-hydrogen) atoms. The molecular weight excluding hydrogens is 257 g/mol. The van der Waals surface area contributed by atoms with Gasteiger partial charge in [-0.05, 0) is 10.9 Å². The van der Waals surface area contributed by atoms with Gasteiger partial charge >= 0.3 is 6.18 Å². The molecule has 0 aliphatic carbocycles. The molecule has 2 N–H and O–H groups in total. The second-order valence-corrected chi connectivity index (χ2v) is 4.19. The zero-order chi connectivity index (χ0) is 13.9. The van der Waals surface area contributed by atoms with Crippen LogP contribution >= 0.6 is 0 Å². The molecule has 1 aromatic carbocycles. The van der Waals surface area contributed by atoms with Crippen molar-refractivity contribution in [2.24, 2.45) is 5.73 Å². The minimum absolute atomic E-state index is 0.199. The molecule has 0 aliphatic heterocycles. The van der Waals surface area contributed by atoms with Crippen LogP contribution in [-0.2, 0) is 4.74 Å². The number of ether oxygens (including phenoxy) is 1. The van der Waals surface area contributed by atoms with Crippen LogP contribution in [0.3, 0.4) is 0 Å². The van der Waals surface area contributed by atoms with E-state index in [4.69, 9.17) is 5.73 Å². The van der Waals surface area contributed by atoms with Gasteiger partial charge in [-0.1, -0.05) is 24.3 Å². The molecule has 0 amide bonds. The van der Waals surface area contributed by atoms with Crippen LogP contribution in [0.4, 0.5) is 13.2 Å². The first-order chi connectivity index (χ1) is 8.97. The van der Waals surface area contributed by atoms with Crippen molar-refractivity contribution in [2.75, 3.05) is 13.2 Å². The second kappa shape index (κ2) is 5.54. The van der Waals surface area contributed by atoms with E-state index in [-0.39, 0.29) is 6.61 Å². The van der Waals surface area contributed by atoms with E-state index in [0.29, 0.717) is 5.56 Å². The molecule has 0 saturated carbocycles. The number of halogens is 3. The number of pyridine rings is 1. The fourth-order valence-corrected chi connectivity index (χ4v) is 1.83. The quantitative estimate of drug-likeness (QED) is 0.929. The minimum atomic E-state index is -4.34. The smallest absolute Gasteiger partial charge is 0.370 e. The number of aromatic nitrogens is 1. The van der Waals surface area contributed by atoms with E-state index in [9.17, 15) is 13.2 Å². The van der Waals surface area contributed by atoms with Gasteiger partial charge in [0.05, 0.1) is 12.6 Å². The molecule has 1 atom stereocenters. The van der Waals surface area contributed by atoms with E-state index < -0.39 is 18.8 Å². The number of hydrogen-bond donors (Lipinski definition) is 1. The third kappa shape index (κ3) is 3.65. The first kappa shape index (κ1) is 13.8. The summed E-state index contributed by atoms with van der Waals surface area (Å²) in [6.07, 6.45) is -1.09. The van der Waals surface area contributed by atoms with Crippen LogP contribution in [0, 0.1) is 0 Å². The van der Waals surface area contributed by atoms with E-state index in [1.165, 1.54) is 0 Å². The zero-order valence-corrected chi connectivity index (χ0v) is 10.0. The highest BCUT2D eigenvalue weighted by atomic mass is 19.4. The van der Waals surface area contributed by atoms with Gasteiger partial charge in [0, 0.05) is 17.8 Å². The van der Waals surface area contributed by atoms with Gasteiger partial charge in [-0.25, -0.2) is 0 Å². The van der Waals surface area contributed by atoms with Gasteiger partial charge in [-0.15, -0.1) is 0 Å². The molecule has 1 aromatic heterocycles. The summed E-state index contributed by atoms with van der Waals surface area (Å²) in [6, 6.07) is 6.79. The molecule has 102 valence electrons. The van der Waals surface area contributed by atoms with Crippen LogP contribution in [0.25, 0.3) is 10.8 Å². The molecule has 6 heteroatoms. The number of rotatable bonds is 4. The summed E-state index contributed by atoms with van der Waals surface area (Å²) in [7, 11) is 0. The Kier molecular flexibility index (Phi) is 4.01. The highest BCUT2D eigenvalue weighted by Gasteiger charge is 2.27. The standard InChI is InChI=1S/C13H13F3N2O/c14-13(15,16)8-19-7-12(17)11-6-18-5-9-3-1-2-4-10(9)11/h1-6,12H,7-8,17H2. The predicted molar refractivity (Wildman–Crippen MR) is 65.5 cm³/mol. The molecule has 3 nitrogen and oxygen atoms in total. The third-order valence-electron chi connectivity index (χ3n) is 2.66. The molecule has 1 heterocycles. The monoisotopic (exact) mass is 270 g/mol. The Labute approximate surface area is 108 Å². The lowest BCUT2D eigenvalue weighted by Crippen LogP contribution is -2.23. The SMILES string of the molecule is NC(COCC(F)(F)F)c1cncc2ccccc12. The number of nitrogens with two attached hydrogens (primary N) is 1. The van der Waals surface area contributed by atoms with Gasteiger partial charge in [0.25, 0.3) is 0 Å². The number of benzene rings is 1. The van der Waals surface area contributed by atoms with E-state index in [0.717, 1.165) is 10.8 Å². The lowest BCUT2D eigenvalue weighted by Gasteiger charge is -2.15. The summed E-state index contributed by atoms with van der Waals surface area (Å²) in [6.45, 7) is -1.49. The highest BCUT2D eigenvalue weighted by molar-refractivity contribution is 5.85. The van der Waals surface area contributed by atoms with Crippen molar-refractivity contribution >= 4 is 10.8 Å². The Hall–Kier alpha value is -1.66. The van der Waals surface area contributed by atoms with Gasteiger partial charge in [0.1, 0.15) is 6.61 Å². The van der Waals surface area contributed by atoms with E-state index >= 15 is 0 Å². The maximum atomic E-state index is 12.0. The molecule has 1 unspecified atom stereocenters. The Morgan fingerprint density at radius 1 is 1.21 bits per heavy atom. The fraction of sp³-hybridized carbons (Fsp3) is 0.308. The van der Waals surface area contributed by atoms with Crippen LogP contribution < -0.4 is 5.73 Å². The fourth-order valence-electron chi connectivity index (χ4n) is 1.83. The van der Waals surface area contributed by atoms with Crippen molar-refractivity contribution in [3.05, 3.63) is 42.2 Å². The van der Waals surface area contributed by atoms with Crippen LogP contribution in [0.1, 0.15) is 11.6 Å². The number of nitrogens with zero attached hydrogens (tertiary/aromatic N) is 1. The normalized spacial score (nSPS) is 13.7. The van der Waals surface area contributed by atoms with Gasteiger partial charge < -0.3 is 10.5 Å². The second-order valence-electron chi connectivity index (χ2n) is 4.19. The number of alkyl halides is 3. The van der Waals surface area contributed by atoms with E-state index in [2.05, 4.69) is 9.72 Å². The molecule has 0 radical (unpaired) electrons. The average molecular weight is 270 g/mol. The maximum Gasteiger partial charge on any atom is 0.411 e. The summed E-state index contributed by atoms with van der Waals surface area (Å²) in [5.41, 5.74) is 6.54. The van der Waals surface area contributed by atoms with Gasteiger partial charge in [0.2, 0.25) is 0 Å². The summed E-state index contributed by atoms with van der Waals surface area (Å²) >= 11 is 0. The minimum Gasteiger partial charge on any atom is -0.370 e. The summed E-state index contributed by atoms with van der Waals surface area (Å²) < 4.78 is 40.5. The van der Waals surface area contributed by atoms with Crippen LogP contribution in [0.2, 0.25) is 0 Å². The predicted octanol–water partition coefficient (Wildman–Crippen LogP) is 2.81. The highest BCUT2D eigenvalue weighted by Crippen LogP contribution is 2.22. The molecule has 2 aromatic rings. The third-order valence-corrected chi connectivity index (χ3v) is 2.66. The molecule has 0 saturated heterocycles. The van der Waals surface area contributed by atoms with Crippen molar-refractivity contribution in [3.63, 3.8) is 0 Å². The van der Waals surface area contributed by atoms with Gasteiger partial charge in [0.15, 0.2) is 0 Å². The van der Waals surface area contributed by atoms with Crippen LogP contribution in [0.5, 0.6) is 0 Å². The van der Waals surface area contributed by atoms with Crippen molar-refractivity contribution in [1.82, 2.24) is 4.98 Å². The van der Waals surface area contributed by atoms with Crippen LogP contribution in [0.15, 0.2) is 36.7 Å². The molecule has 0 spiro atoms. The van der Waals surface area contributed by atoms with Crippen molar-refractivity contribution < 1.29 is 17.9 Å². The van der Waals surface area contributed by atoms with Crippen molar-refractivity contribution in [2.45, 2.75) is 12.2 Å². The number of hydrogen-bond acceptors (Lipinski definition) is 3. The van der Waals surface area contributed by atoms with E-state index in [1.54, 1.807) is 12.4 Å². The molecule has 0 aliphatic rings. The molecule has 0 bridgehead atoms. The van der Waals surface area contributed by atoms with Crippen LogP contribution in [-0.4, -0.2) is 24.4 Å². The molecular formula is C13H13F3N2O. The topological polar surface area (TPSA) is 48.1 Å². The Morgan fingerprint density at radius 2 is 1.95 bits per heavy atom. The lowest BCUT2D eigenvalue weighted by atomic mass is 10.0. The Morgan fingerprint density at radius 3 is 2.68 bits per heavy atom. The van der Waals surface area contributed by atoms with E-state index in [1.807, 2.05) is 24.3 Å². The number of fused-ring (bicyclic) bond motifs is 1. The first-order valence-corrected chi connectivity index (χ1v) is 5.70. The lowest BCUT2D eigenvalue weighted by molar-refractivity contribution is -0.174. The summed E-state index contributed by atoms with van der Waals surface area (Å²) in [5.74, 6) is 0. The zero-order valence-electron chi connectivity index (χ0n) is 10.0. The van der Waals surface area contributed by atoms with Gasteiger partial charge in [-0.2, -0.15) is 13.2 Å². The van der Waals surface area contributed by atoms with Crippen molar-refractivity contribution in [3.8, 4) is 0 Å². The maximum absolute atomic E-state index is 12.0. The molecule has 0 fully saturated rings. The first-order valence-electron chi connectivity index (χ1n) is 5.70. The summed E-state index contributed by atoms with van der Waals surface area (Å²) in [4.78, 5) is 4.03. The van der Waals surface area contributed by atoms with Gasteiger partial charge in [-0.3, -0.25) is 4.98 Å². The Bertz CT molecular complexity index is 552. The van der Waals surface area contributed by atoms with Crippen molar-refractivity contribution in [1.29, 1.82) is 0 Å². The summed E-state index contributed by atoms with van der Waals surface area (Å²) in [5, 5.41) is 1.77. The molecule has 2 rings (SSSR count). The Balaban J connectivity index is 2.11. The largest absolute Gasteiger partial charge is 0.411 e. The average Bonchev–Trinajstić information content (AvgIpc) is 2.36.